The minimum Gasteiger partial charge on any atom is -0.470 e. The first-order chi connectivity index (χ1) is 13.2. The van der Waals surface area contributed by atoms with Gasteiger partial charge >= 0.3 is 0 Å². The van der Waals surface area contributed by atoms with E-state index >= 15 is 0 Å². The Bertz CT molecular complexity index is 959. The number of pyridine rings is 1. The van der Waals surface area contributed by atoms with Crippen molar-refractivity contribution in [3.8, 4) is 11.9 Å². The summed E-state index contributed by atoms with van der Waals surface area (Å²) < 4.78 is 7.87. The summed E-state index contributed by atoms with van der Waals surface area (Å²) in [4.78, 5) is 18.8. The quantitative estimate of drug-likeness (QED) is 0.694. The lowest BCUT2D eigenvalue weighted by molar-refractivity contribution is -0.132. The van der Waals surface area contributed by atoms with E-state index in [1.54, 1.807) is 29.7 Å². The van der Waals surface area contributed by atoms with Crippen LogP contribution in [0.25, 0.3) is 0 Å². The summed E-state index contributed by atoms with van der Waals surface area (Å²) in [5.41, 5.74) is 2.48. The van der Waals surface area contributed by atoms with E-state index in [0.717, 1.165) is 11.3 Å². The van der Waals surface area contributed by atoms with Crippen molar-refractivity contribution in [2.45, 2.75) is 25.6 Å². The molecule has 1 amide bonds. The number of fused-ring (bicyclic) bond motifs is 1. The molecule has 4 heterocycles. The van der Waals surface area contributed by atoms with Gasteiger partial charge in [-0.05, 0) is 34.5 Å². The number of carbonyl (C=O) groups excluding carboxylic acids is 1. The molecule has 0 aromatic carbocycles. The topological polar surface area (TPSA) is 84.0 Å². The van der Waals surface area contributed by atoms with Crippen molar-refractivity contribution in [2.24, 2.45) is 0 Å². The summed E-state index contributed by atoms with van der Waals surface area (Å²) >= 11 is 1.59. The van der Waals surface area contributed by atoms with Gasteiger partial charge in [0.15, 0.2) is 0 Å². The van der Waals surface area contributed by atoms with E-state index in [2.05, 4.69) is 10.1 Å². The number of thiophene rings is 1. The number of hydrogen-bond donors (Lipinski definition) is 0. The van der Waals surface area contributed by atoms with E-state index in [1.807, 2.05) is 38.5 Å². The monoisotopic (exact) mass is 379 g/mol. The highest BCUT2D eigenvalue weighted by Gasteiger charge is 2.27. The Morgan fingerprint density at radius 2 is 2.26 bits per heavy atom. The van der Waals surface area contributed by atoms with Crippen molar-refractivity contribution in [3.63, 3.8) is 0 Å². The van der Waals surface area contributed by atoms with E-state index in [0.29, 0.717) is 37.5 Å². The predicted octanol–water partition coefficient (Wildman–Crippen LogP) is 2.24. The van der Waals surface area contributed by atoms with Crippen LogP contribution in [0.3, 0.4) is 0 Å². The molecule has 0 radical (unpaired) electrons. The third-order valence-electron chi connectivity index (χ3n) is 4.40. The number of nitrogens with zero attached hydrogens (tertiary/aromatic N) is 5. The average Bonchev–Trinajstić information content (AvgIpc) is 3.31. The Hall–Kier alpha value is -3.18. The normalized spacial score (nSPS) is 16.3. The second-order valence-corrected chi connectivity index (χ2v) is 7.10. The van der Waals surface area contributed by atoms with E-state index in [4.69, 9.17) is 10.00 Å². The smallest absolute Gasteiger partial charge is 0.227 e. The lowest BCUT2D eigenvalue weighted by Crippen LogP contribution is -2.39. The van der Waals surface area contributed by atoms with Crippen LogP contribution in [0.2, 0.25) is 0 Å². The lowest BCUT2D eigenvalue weighted by atomic mass is 10.2. The van der Waals surface area contributed by atoms with Gasteiger partial charge in [-0.15, -0.1) is 0 Å². The Kier molecular flexibility index (Phi) is 4.85. The molecule has 0 aliphatic carbocycles. The highest BCUT2D eigenvalue weighted by molar-refractivity contribution is 7.08. The van der Waals surface area contributed by atoms with Crippen LogP contribution in [0, 0.1) is 11.3 Å². The summed E-state index contributed by atoms with van der Waals surface area (Å²) in [6.45, 7) is 1.49. The Morgan fingerprint density at radius 3 is 3.00 bits per heavy atom. The number of nitriles is 1. The standard InChI is InChI=1S/C19H17N5O2S/c20-8-15-1-2-18(21-9-15)26-17-11-23(10-16-3-5-22-24(16)12-17)19(25)7-14-4-6-27-13-14/h1-6,9,13,17H,7,10-12H2/t17-/m0/s1. The largest absolute Gasteiger partial charge is 0.470 e. The highest BCUT2D eigenvalue weighted by Crippen LogP contribution is 2.18. The molecule has 3 aromatic rings. The van der Waals surface area contributed by atoms with Crippen molar-refractivity contribution in [1.82, 2.24) is 19.7 Å². The van der Waals surface area contributed by atoms with Gasteiger partial charge < -0.3 is 9.64 Å². The average molecular weight is 379 g/mol. The maximum Gasteiger partial charge on any atom is 0.227 e. The van der Waals surface area contributed by atoms with Gasteiger partial charge in [0.1, 0.15) is 12.2 Å². The van der Waals surface area contributed by atoms with Crippen LogP contribution in [0.4, 0.5) is 0 Å². The summed E-state index contributed by atoms with van der Waals surface area (Å²) in [6, 6.07) is 9.27. The molecule has 0 saturated heterocycles. The number of hydrogen-bond acceptors (Lipinski definition) is 6. The zero-order valence-corrected chi connectivity index (χ0v) is 15.3. The van der Waals surface area contributed by atoms with Crippen molar-refractivity contribution < 1.29 is 9.53 Å². The SMILES string of the molecule is N#Cc1ccc(O[C@H]2CN(C(=O)Cc3ccsc3)Cc3ccnn3C2)nc1. The third kappa shape index (κ3) is 3.99. The number of aromatic nitrogens is 3. The fourth-order valence-corrected chi connectivity index (χ4v) is 3.72. The highest BCUT2D eigenvalue weighted by atomic mass is 32.1. The zero-order chi connectivity index (χ0) is 18.6. The molecule has 1 atom stereocenters. The van der Waals surface area contributed by atoms with Gasteiger partial charge in [-0.1, -0.05) is 0 Å². The van der Waals surface area contributed by atoms with Crippen LogP contribution in [0.15, 0.2) is 47.4 Å². The third-order valence-corrected chi connectivity index (χ3v) is 5.13. The first kappa shape index (κ1) is 17.2. The van der Waals surface area contributed by atoms with Crippen LogP contribution in [0.5, 0.6) is 5.88 Å². The number of amides is 1. The van der Waals surface area contributed by atoms with Crippen LogP contribution in [0.1, 0.15) is 16.8 Å². The molecule has 1 aliphatic rings. The van der Waals surface area contributed by atoms with Gasteiger partial charge in [0, 0.05) is 18.5 Å². The van der Waals surface area contributed by atoms with Crippen molar-refractivity contribution in [1.29, 1.82) is 5.26 Å². The second-order valence-electron chi connectivity index (χ2n) is 6.32. The van der Waals surface area contributed by atoms with Gasteiger partial charge in [-0.25, -0.2) is 4.98 Å². The Labute approximate surface area is 160 Å². The first-order valence-electron chi connectivity index (χ1n) is 8.53. The molecule has 27 heavy (non-hydrogen) atoms. The molecule has 3 aromatic heterocycles. The molecule has 0 unspecified atom stereocenters. The minimum atomic E-state index is -0.280. The van der Waals surface area contributed by atoms with Gasteiger partial charge in [-0.3, -0.25) is 9.48 Å². The van der Waals surface area contributed by atoms with Gasteiger partial charge in [0.2, 0.25) is 11.8 Å². The summed E-state index contributed by atoms with van der Waals surface area (Å²) in [7, 11) is 0. The fourth-order valence-electron chi connectivity index (χ4n) is 3.05. The number of ether oxygens (including phenoxy) is 1. The van der Waals surface area contributed by atoms with E-state index in [9.17, 15) is 4.79 Å². The van der Waals surface area contributed by atoms with Crippen LogP contribution in [-0.4, -0.2) is 38.2 Å². The molecule has 0 spiro atoms. The molecule has 4 rings (SSSR count). The van der Waals surface area contributed by atoms with E-state index in [-0.39, 0.29) is 12.0 Å². The molecular weight excluding hydrogens is 362 g/mol. The number of rotatable bonds is 4. The zero-order valence-electron chi connectivity index (χ0n) is 14.5. The maximum absolute atomic E-state index is 12.8. The second kappa shape index (κ2) is 7.60. The molecule has 0 fully saturated rings. The fraction of sp³-hybridized carbons (Fsp3) is 0.263. The molecule has 0 bridgehead atoms. The summed E-state index contributed by atoms with van der Waals surface area (Å²) in [5.74, 6) is 0.490. The molecule has 136 valence electrons. The van der Waals surface area contributed by atoms with Gasteiger partial charge in [0.05, 0.1) is 37.3 Å². The molecule has 7 nitrogen and oxygen atoms in total. The molecule has 1 aliphatic heterocycles. The molecule has 0 N–H and O–H groups in total. The summed E-state index contributed by atoms with van der Waals surface area (Å²) in [6.07, 6.45) is 3.31. The predicted molar refractivity (Wildman–Crippen MR) is 99.0 cm³/mol. The van der Waals surface area contributed by atoms with Crippen molar-refractivity contribution in [3.05, 3.63) is 64.2 Å². The van der Waals surface area contributed by atoms with Crippen LogP contribution < -0.4 is 4.74 Å². The maximum atomic E-state index is 12.8. The first-order valence-corrected chi connectivity index (χ1v) is 9.48. The molecule has 0 saturated carbocycles. The van der Waals surface area contributed by atoms with Crippen molar-refractivity contribution >= 4 is 17.2 Å². The summed E-state index contributed by atoms with van der Waals surface area (Å²) in [5, 5.41) is 17.2. The Morgan fingerprint density at radius 1 is 1.33 bits per heavy atom. The molecule has 8 heteroatoms. The van der Waals surface area contributed by atoms with E-state index < -0.39 is 0 Å². The van der Waals surface area contributed by atoms with Crippen LogP contribution in [-0.2, 0) is 24.3 Å². The van der Waals surface area contributed by atoms with Crippen LogP contribution >= 0.6 is 11.3 Å². The van der Waals surface area contributed by atoms with Crippen molar-refractivity contribution in [2.75, 3.05) is 6.54 Å². The van der Waals surface area contributed by atoms with Gasteiger partial charge in [0.25, 0.3) is 0 Å². The van der Waals surface area contributed by atoms with E-state index in [1.165, 1.54) is 6.20 Å². The Balaban J connectivity index is 1.52. The molecular formula is C19H17N5O2S. The number of carbonyl (C=O) groups is 1. The van der Waals surface area contributed by atoms with Gasteiger partial charge in [-0.2, -0.15) is 21.7 Å². The minimum absolute atomic E-state index is 0.0597. The lowest BCUT2D eigenvalue weighted by Gasteiger charge is -2.24.